The van der Waals surface area contributed by atoms with Crippen LogP contribution in [0.1, 0.15) is 27.9 Å². The Bertz CT molecular complexity index is 551. The largest absolute Gasteiger partial charge is 0.469 e. The number of hydrogen-bond acceptors (Lipinski definition) is 5. The molecule has 0 aliphatic heterocycles. The number of carbonyl (C=O) groups excluding carboxylic acids is 3. The van der Waals surface area contributed by atoms with E-state index in [-0.39, 0.29) is 5.56 Å². The molecule has 0 aromatic heterocycles. The Morgan fingerprint density at radius 3 is 2.20 bits per heavy atom. The number of methoxy groups -OCH3 is 2. The molecule has 6 heteroatoms. The Hall–Kier alpha value is -2.37. The van der Waals surface area contributed by atoms with Crippen molar-refractivity contribution in [1.82, 2.24) is 0 Å². The van der Waals surface area contributed by atoms with Crippen molar-refractivity contribution in [1.29, 1.82) is 0 Å². The zero-order valence-corrected chi connectivity index (χ0v) is 11.9. The molecule has 1 amide bonds. The molecule has 0 fully saturated rings. The number of amides is 1. The lowest BCUT2D eigenvalue weighted by Gasteiger charge is -2.12. The number of ether oxygens (including phenoxy) is 2. The fourth-order valence-corrected chi connectivity index (χ4v) is 1.60. The molecule has 0 spiro atoms. The summed E-state index contributed by atoms with van der Waals surface area (Å²) in [6.45, 7) is 3.70. The van der Waals surface area contributed by atoms with Gasteiger partial charge in [-0.2, -0.15) is 0 Å². The third kappa shape index (κ3) is 3.81. The molecule has 0 bridgehead atoms. The molecule has 6 nitrogen and oxygen atoms in total. The van der Waals surface area contributed by atoms with E-state index in [1.807, 2.05) is 13.8 Å². The maximum atomic E-state index is 11.7. The minimum absolute atomic E-state index is 0.244. The van der Waals surface area contributed by atoms with Crippen molar-refractivity contribution in [3.05, 3.63) is 28.8 Å². The highest BCUT2D eigenvalue weighted by Crippen LogP contribution is 2.22. The molecule has 0 aliphatic carbocycles. The Labute approximate surface area is 117 Å². The second-order valence-electron chi connectivity index (χ2n) is 4.27. The van der Waals surface area contributed by atoms with Crippen LogP contribution in [0.2, 0.25) is 0 Å². The first-order valence-corrected chi connectivity index (χ1v) is 5.95. The molecular weight excluding hydrogens is 262 g/mol. The summed E-state index contributed by atoms with van der Waals surface area (Å²) >= 11 is 0. The normalized spacial score (nSPS) is 9.80. The fourth-order valence-electron chi connectivity index (χ4n) is 1.60. The monoisotopic (exact) mass is 279 g/mol. The van der Waals surface area contributed by atoms with Crippen molar-refractivity contribution in [2.45, 2.75) is 20.3 Å². The summed E-state index contributed by atoms with van der Waals surface area (Å²) in [7, 11) is 2.46. The Kier molecular flexibility index (Phi) is 5.25. The van der Waals surface area contributed by atoms with Crippen LogP contribution in [-0.2, 0) is 19.1 Å². The zero-order valence-electron chi connectivity index (χ0n) is 11.9. The lowest BCUT2D eigenvalue weighted by Crippen LogP contribution is -2.19. The van der Waals surface area contributed by atoms with E-state index in [1.54, 1.807) is 12.1 Å². The van der Waals surface area contributed by atoms with E-state index in [2.05, 4.69) is 14.8 Å². The van der Waals surface area contributed by atoms with Gasteiger partial charge in [-0.3, -0.25) is 9.59 Å². The molecule has 1 rings (SSSR count). The van der Waals surface area contributed by atoms with E-state index in [0.717, 1.165) is 11.1 Å². The molecule has 1 aromatic rings. The summed E-state index contributed by atoms with van der Waals surface area (Å²) in [5.74, 6) is -1.75. The van der Waals surface area contributed by atoms with E-state index in [0.29, 0.717) is 5.69 Å². The summed E-state index contributed by atoms with van der Waals surface area (Å²) < 4.78 is 9.08. The molecule has 108 valence electrons. The fraction of sp³-hybridized carbons (Fsp3) is 0.357. The van der Waals surface area contributed by atoms with Crippen LogP contribution in [0.25, 0.3) is 0 Å². The lowest BCUT2D eigenvalue weighted by molar-refractivity contribution is -0.142. The van der Waals surface area contributed by atoms with Crippen molar-refractivity contribution in [3.8, 4) is 0 Å². The number of anilines is 1. The molecular formula is C14H17NO5. The van der Waals surface area contributed by atoms with Gasteiger partial charge in [0.05, 0.1) is 25.5 Å². The van der Waals surface area contributed by atoms with Gasteiger partial charge in [0.2, 0.25) is 5.91 Å². The van der Waals surface area contributed by atoms with Gasteiger partial charge < -0.3 is 14.8 Å². The highest BCUT2D eigenvalue weighted by molar-refractivity contribution is 6.06. The lowest BCUT2D eigenvalue weighted by atomic mass is 10.0. The average Bonchev–Trinajstić information content (AvgIpc) is 2.41. The summed E-state index contributed by atoms with van der Waals surface area (Å²) in [5, 5.41) is 2.52. The third-order valence-corrected chi connectivity index (χ3v) is 2.85. The second-order valence-corrected chi connectivity index (χ2v) is 4.27. The first-order valence-electron chi connectivity index (χ1n) is 5.95. The molecule has 0 unspecified atom stereocenters. The van der Waals surface area contributed by atoms with Gasteiger partial charge in [-0.25, -0.2) is 4.79 Å². The number of aryl methyl sites for hydroxylation is 2. The summed E-state index contributed by atoms with van der Waals surface area (Å²) in [5.41, 5.74) is 2.37. The van der Waals surface area contributed by atoms with Crippen LogP contribution in [0, 0.1) is 13.8 Å². The van der Waals surface area contributed by atoms with Crippen LogP contribution in [0.4, 0.5) is 5.69 Å². The molecule has 0 saturated heterocycles. The SMILES string of the molecule is COC(=O)CC(=O)Nc1cc(C)c(C)cc1C(=O)OC. The van der Waals surface area contributed by atoms with E-state index in [9.17, 15) is 14.4 Å². The molecule has 1 N–H and O–H groups in total. The Morgan fingerprint density at radius 1 is 1.05 bits per heavy atom. The van der Waals surface area contributed by atoms with Gasteiger partial charge in [0.1, 0.15) is 6.42 Å². The smallest absolute Gasteiger partial charge is 0.339 e. The van der Waals surface area contributed by atoms with Crippen LogP contribution in [0.5, 0.6) is 0 Å². The van der Waals surface area contributed by atoms with Crippen LogP contribution in [0.15, 0.2) is 12.1 Å². The first-order chi connectivity index (χ1) is 9.38. The maximum Gasteiger partial charge on any atom is 0.339 e. The number of esters is 2. The van der Waals surface area contributed by atoms with E-state index < -0.39 is 24.3 Å². The third-order valence-electron chi connectivity index (χ3n) is 2.85. The highest BCUT2D eigenvalue weighted by Gasteiger charge is 2.17. The van der Waals surface area contributed by atoms with Gasteiger partial charge in [0, 0.05) is 0 Å². The van der Waals surface area contributed by atoms with Crippen LogP contribution < -0.4 is 5.32 Å². The quantitative estimate of drug-likeness (QED) is 0.668. The summed E-state index contributed by atoms with van der Waals surface area (Å²) in [4.78, 5) is 34.4. The Morgan fingerprint density at radius 2 is 1.65 bits per heavy atom. The molecule has 0 atom stereocenters. The van der Waals surface area contributed by atoms with Crippen molar-refractivity contribution < 1.29 is 23.9 Å². The standard InChI is InChI=1S/C14H17NO5/c1-8-5-10(14(18)20-4)11(6-9(8)2)15-12(16)7-13(17)19-3/h5-6H,7H2,1-4H3,(H,15,16). The first kappa shape index (κ1) is 15.7. The molecule has 1 aromatic carbocycles. The van der Waals surface area contributed by atoms with Crippen molar-refractivity contribution in [2.75, 3.05) is 19.5 Å². The number of carbonyl (C=O) groups is 3. The summed E-state index contributed by atoms with van der Waals surface area (Å²) in [6, 6.07) is 3.30. The van der Waals surface area contributed by atoms with Crippen molar-refractivity contribution in [3.63, 3.8) is 0 Å². The van der Waals surface area contributed by atoms with Crippen molar-refractivity contribution >= 4 is 23.5 Å². The van der Waals surface area contributed by atoms with E-state index >= 15 is 0 Å². The number of hydrogen-bond donors (Lipinski definition) is 1. The van der Waals surface area contributed by atoms with Gasteiger partial charge in [-0.1, -0.05) is 0 Å². The Balaban J connectivity index is 3.04. The van der Waals surface area contributed by atoms with Crippen LogP contribution in [0.3, 0.4) is 0 Å². The maximum absolute atomic E-state index is 11.7. The topological polar surface area (TPSA) is 81.7 Å². The minimum atomic E-state index is -0.647. The second kappa shape index (κ2) is 6.70. The molecule has 0 aliphatic rings. The van der Waals surface area contributed by atoms with Crippen molar-refractivity contribution in [2.24, 2.45) is 0 Å². The molecule has 20 heavy (non-hydrogen) atoms. The predicted molar refractivity (Wildman–Crippen MR) is 72.5 cm³/mol. The van der Waals surface area contributed by atoms with Gasteiger partial charge in [0.15, 0.2) is 0 Å². The number of benzene rings is 1. The van der Waals surface area contributed by atoms with Gasteiger partial charge in [-0.05, 0) is 37.1 Å². The number of rotatable bonds is 4. The van der Waals surface area contributed by atoms with Gasteiger partial charge in [0.25, 0.3) is 0 Å². The summed E-state index contributed by atoms with van der Waals surface area (Å²) in [6.07, 6.45) is -0.413. The zero-order chi connectivity index (χ0) is 15.3. The number of nitrogens with one attached hydrogen (secondary N) is 1. The molecule has 0 heterocycles. The van der Waals surface area contributed by atoms with Gasteiger partial charge >= 0.3 is 11.9 Å². The van der Waals surface area contributed by atoms with Crippen LogP contribution in [-0.4, -0.2) is 32.1 Å². The molecule has 0 saturated carbocycles. The van der Waals surface area contributed by atoms with Crippen LogP contribution >= 0.6 is 0 Å². The predicted octanol–water partition coefficient (Wildman–Crippen LogP) is 1.59. The highest BCUT2D eigenvalue weighted by atomic mass is 16.5. The van der Waals surface area contributed by atoms with E-state index in [1.165, 1.54) is 14.2 Å². The van der Waals surface area contributed by atoms with E-state index in [4.69, 9.17) is 0 Å². The average molecular weight is 279 g/mol. The molecule has 0 radical (unpaired) electrons. The minimum Gasteiger partial charge on any atom is -0.469 e. The van der Waals surface area contributed by atoms with Gasteiger partial charge in [-0.15, -0.1) is 0 Å².